The fraction of sp³-hybridized carbons (Fsp3) is 0.688. The molecule has 1 N–H and O–H groups in total. The molecule has 1 aliphatic heterocycles. The molecule has 0 spiro atoms. The van der Waals surface area contributed by atoms with Crippen LogP contribution in [0.4, 0.5) is 5.82 Å². The Kier molecular flexibility index (Phi) is 6.00. The number of hydrogen-bond acceptors (Lipinski definition) is 5. The van der Waals surface area contributed by atoms with Crippen LogP contribution in [0, 0.1) is 5.92 Å². The monoisotopic (exact) mass is 324 g/mol. The van der Waals surface area contributed by atoms with Crippen molar-refractivity contribution in [3.8, 4) is 0 Å². The Labute approximate surface area is 137 Å². The summed E-state index contributed by atoms with van der Waals surface area (Å²) in [6.45, 7) is 7.34. The van der Waals surface area contributed by atoms with Gasteiger partial charge in [0.25, 0.3) is 6.02 Å². The number of nitrogens with one attached hydrogen (secondary N) is 1. The topological polar surface area (TPSA) is 59.4 Å². The second-order valence-corrected chi connectivity index (χ2v) is 6.15. The molecule has 0 unspecified atom stereocenters. The van der Waals surface area contributed by atoms with E-state index in [4.69, 9.17) is 16.3 Å². The lowest BCUT2D eigenvalue weighted by Gasteiger charge is -2.35. The molecule has 122 valence electrons. The highest BCUT2D eigenvalue weighted by Gasteiger charge is 2.43. The van der Waals surface area contributed by atoms with Crippen LogP contribution in [0.25, 0.3) is 0 Å². The minimum absolute atomic E-state index is 0.186. The zero-order valence-electron chi connectivity index (χ0n) is 13.6. The smallest absolute Gasteiger partial charge is 0.291 e. The highest BCUT2D eigenvalue weighted by atomic mass is 35.5. The number of aliphatic imine (C=N–C) groups is 1. The molecule has 0 amide bonds. The van der Waals surface area contributed by atoms with Crippen LogP contribution in [0.5, 0.6) is 0 Å². The van der Waals surface area contributed by atoms with Gasteiger partial charge in [0, 0.05) is 5.92 Å². The van der Waals surface area contributed by atoms with E-state index in [9.17, 15) is 0 Å². The molecule has 0 bridgehead atoms. The molecule has 0 aliphatic carbocycles. The van der Waals surface area contributed by atoms with Gasteiger partial charge in [-0.1, -0.05) is 45.2 Å². The van der Waals surface area contributed by atoms with E-state index < -0.39 is 0 Å². The largest absolute Gasteiger partial charge is 0.456 e. The van der Waals surface area contributed by atoms with E-state index in [1.165, 1.54) is 31.9 Å². The van der Waals surface area contributed by atoms with Gasteiger partial charge in [0.05, 0.1) is 18.9 Å². The molecule has 2 rings (SSSR count). The highest BCUT2D eigenvalue weighted by Crippen LogP contribution is 2.36. The lowest BCUT2D eigenvalue weighted by molar-refractivity contribution is 0.0104. The van der Waals surface area contributed by atoms with Crippen LogP contribution < -0.4 is 5.32 Å². The zero-order chi connectivity index (χ0) is 16.0. The Hall–Kier alpha value is -1.36. The molecule has 1 aromatic rings. The molecule has 1 aliphatic rings. The van der Waals surface area contributed by atoms with Crippen molar-refractivity contribution in [3.63, 3.8) is 0 Å². The number of halogens is 1. The van der Waals surface area contributed by atoms with Gasteiger partial charge >= 0.3 is 0 Å². The average molecular weight is 325 g/mol. The Morgan fingerprint density at radius 2 is 1.95 bits per heavy atom. The predicted octanol–water partition coefficient (Wildman–Crippen LogP) is 4.29. The number of anilines is 1. The van der Waals surface area contributed by atoms with Gasteiger partial charge in [-0.05, 0) is 19.3 Å². The van der Waals surface area contributed by atoms with Gasteiger partial charge in [-0.25, -0.2) is 15.0 Å². The van der Waals surface area contributed by atoms with Crippen LogP contribution >= 0.6 is 11.6 Å². The lowest BCUT2D eigenvalue weighted by atomic mass is 9.79. The molecular formula is C16H25ClN4O. The van der Waals surface area contributed by atoms with Gasteiger partial charge in [-0.3, -0.25) is 5.32 Å². The minimum atomic E-state index is -0.186. The van der Waals surface area contributed by atoms with E-state index in [0.717, 1.165) is 6.42 Å². The van der Waals surface area contributed by atoms with Gasteiger partial charge in [0.1, 0.15) is 10.8 Å². The standard InChI is InChI=1S/C16H25ClN4O/c1-4-7-12(8-5-2)16(6-3)11-20-15(22-16)21-14-10-18-13(17)9-19-14/h9-10,12H,4-8,11H2,1-3H3,(H,19,20,21)/t16-/m1/s1. The van der Waals surface area contributed by atoms with Gasteiger partial charge in [-0.2, -0.15) is 0 Å². The summed E-state index contributed by atoms with van der Waals surface area (Å²) >= 11 is 5.74. The summed E-state index contributed by atoms with van der Waals surface area (Å²) in [5.74, 6) is 1.13. The first-order valence-corrected chi connectivity index (χ1v) is 8.49. The van der Waals surface area contributed by atoms with Crippen LogP contribution in [-0.2, 0) is 4.74 Å². The SMILES string of the molecule is CCCC(CCC)[C@@]1(CC)CN=C(Nc2cnc(Cl)cn2)O1. The summed E-state index contributed by atoms with van der Waals surface area (Å²) in [4.78, 5) is 12.7. The third kappa shape index (κ3) is 3.88. The van der Waals surface area contributed by atoms with Crippen molar-refractivity contribution in [1.29, 1.82) is 0 Å². The van der Waals surface area contributed by atoms with Crippen LogP contribution in [0.1, 0.15) is 52.9 Å². The summed E-state index contributed by atoms with van der Waals surface area (Å²) in [5.41, 5.74) is -0.186. The Morgan fingerprint density at radius 1 is 1.23 bits per heavy atom. The van der Waals surface area contributed by atoms with E-state index in [-0.39, 0.29) is 5.60 Å². The normalized spacial score (nSPS) is 20.9. The Morgan fingerprint density at radius 3 is 2.50 bits per heavy atom. The molecule has 22 heavy (non-hydrogen) atoms. The van der Waals surface area contributed by atoms with E-state index >= 15 is 0 Å². The van der Waals surface area contributed by atoms with Crippen LogP contribution in [0.2, 0.25) is 5.15 Å². The Balaban J connectivity index is 2.04. The maximum absolute atomic E-state index is 6.24. The number of nitrogens with zero attached hydrogens (tertiary/aromatic N) is 3. The van der Waals surface area contributed by atoms with E-state index in [0.29, 0.717) is 29.5 Å². The second kappa shape index (κ2) is 7.77. The highest BCUT2D eigenvalue weighted by molar-refractivity contribution is 6.29. The number of ether oxygens (including phenoxy) is 1. The number of aromatic nitrogens is 2. The molecule has 0 saturated heterocycles. The number of hydrogen-bond donors (Lipinski definition) is 1. The molecular weight excluding hydrogens is 300 g/mol. The van der Waals surface area contributed by atoms with Crippen LogP contribution in [0.15, 0.2) is 17.4 Å². The van der Waals surface area contributed by atoms with Crippen molar-refractivity contribution in [2.75, 3.05) is 11.9 Å². The van der Waals surface area contributed by atoms with Crippen molar-refractivity contribution in [1.82, 2.24) is 9.97 Å². The minimum Gasteiger partial charge on any atom is -0.456 e. The first kappa shape index (κ1) is 17.0. The number of rotatable bonds is 7. The maximum Gasteiger partial charge on any atom is 0.291 e. The molecule has 5 nitrogen and oxygen atoms in total. The third-order valence-electron chi connectivity index (χ3n) is 4.26. The zero-order valence-corrected chi connectivity index (χ0v) is 14.4. The van der Waals surface area contributed by atoms with Gasteiger partial charge in [0.15, 0.2) is 5.82 Å². The summed E-state index contributed by atoms with van der Waals surface area (Å²) < 4.78 is 6.24. The summed E-state index contributed by atoms with van der Waals surface area (Å²) in [5, 5.41) is 3.46. The first-order valence-electron chi connectivity index (χ1n) is 8.11. The van der Waals surface area contributed by atoms with Gasteiger partial charge in [0.2, 0.25) is 0 Å². The van der Waals surface area contributed by atoms with Crippen LogP contribution in [-0.4, -0.2) is 28.1 Å². The van der Waals surface area contributed by atoms with E-state index in [1.807, 2.05) is 0 Å². The number of amidine groups is 1. The lowest BCUT2D eigenvalue weighted by Crippen LogP contribution is -2.42. The summed E-state index contributed by atoms with van der Waals surface area (Å²) in [7, 11) is 0. The van der Waals surface area contributed by atoms with E-state index in [2.05, 4.69) is 41.0 Å². The molecule has 1 aromatic heterocycles. The van der Waals surface area contributed by atoms with Crippen molar-refractivity contribution < 1.29 is 4.74 Å². The molecule has 0 saturated carbocycles. The molecule has 6 heteroatoms. The van der Waals surface area contributed by atoms with Crippen molar-refractivity contribution in [2.24, 2.45) is 10.9 Å². The van der Waals surface area contributed by atoms with E-state index in [1.54, 1.807) is 6.20 Å². The quantitative estimate of drug-likeness (QED) is 0.812. The van der Waals surface area contributed by atoms with Crippen molar-refractivity contribution in [3.05, 3.63) is 17.5 Å². The van der Waals surface area contributed by atoms with Gasteiger partial charge < -0.3 is 4.74 Å². The fourth-order valence-electron chi connectivity index (χ4n) is 3.07. The summed E-state index contributed by atoms with van der Waals surface area (Å²) in [6, 6.07) is 0.538. The van der Waals surface area contributed by atoms with Crippen molar-refractivity contribution >= 4 is 23.4 Å². The Bertz CT molecular complexity index is 499. The van der Waals surface area contributed by atoms with Crippen LogP contribution in [0.3, 0.4) is 0 Å². The fourth-order valence-corrected chi connectivity index (χ4v) is 3.16. The molecule has 0 radical (unpaired) electrons. The molecule has 1 atom stereocenters. The first-order chi connectivity index (χ1) is 10.6. The second-order valence-electron chi connectivity index (χ2n) is 5.77. The maximum atomic E-state index is 6.24. The van der Waals surface area contributed by atoms with Crippen molar-refractivity contribution in [2.45, 2.75) is 58.5 Å². The molecule has 0 fully saturated rings. The third-order valence-corrected chi connectivity index (χ3v) is 4.46. The van der Waals surface area contributed by atoms with Gasteiger partial charge in [-0.15, -0.1) is 0 Å². The summed E-state index contributed by atoms with van der Waals surface area (Å²) in [6.07, 6.45) is 8.72. The molecule has 2 heterocycles. The molecule has 0 aromatic carbocycles. The predicted molar refractivity (Wildman–Crippen MR) is 90.4 cm³/mol. The average Bonchev–Trinajstić information content (AvgIpc) is 2.94.